The van der Waals surface area contributed by atoms with E-state index < -0.39 is 0 Å². The van der Waals surface area contributed by atoms with Crippen LogP contribution in [0, 0.1) is 0 Å². The van der Waals surface area contributed by atoms with Crippen LogP contribution in [0.5, 0.6) is 0 Å². The molecule has 0 N–H and O–H groups in total. The Hall–Kier alpha value is -0.0800. The number of hydrogen-bond acceptors (Lipinski definition) is 2. The molecule has 0 aromatic heterocycles. The van der Waals surface area contributed by atoms with Crippen LogP contribution in [0.3, 0.4) is 0 Å². The molecule has 2 nitrogen and oxygen atoms in total. The summed E-state index contributed by atoms with van der Waals surface area (Å²) in [5.74, 6) is 0. The van der Waals surface area contributed by atoms with Gasteiger partial charge in [-0.3, -0.25) is 0 Å². The van der Waals surface area contributed by atoms with Crippen molar-refractivity contribution in [3.05, 3.63) is 0 Å². The first-order valence-electron chi connectivity index (χ1n) is 5.56. The average molecular weight is 186 g/mol. The maximum Gasteiger partial charge on any atom is 0.0704 e. The van der Waals surface area contributed by atoms with Gasteiger partial charge in [0.1, 0.15) is 0 Å². The monoisotopic (exact) mass is 186 g/mol. The number of rotatable bonds is 4. The molecule has 0 spiro atoms. The minimum atomic E-state index is 0.383. The van der Waals surface area contributed by atoms with Gasteiger partial charge in [-0.15, -0.1) is 0 Å². The molecule has 1 saturated heterocycles. The molecule has 1 aliphatic rings. The van der Waals surface area contributed by atoms with E-state index in [1.54, 1.807) is 0 Å². The summed E-state index contributed by atoms with van der Waals surface area (Å²) < 4.78 is 11.2. The quantitative estimate of drug-likeness (QED) is 0.628. The highest BCUT2D eigenvalue weighted by Gasteiger charge is 2.17. The Kier molecular flexibility index (Phi) is 5.40. The molecule has 0 radical (unpaired) electrons. The van der Waals surface area contributed by atoms with E-state index in [0.29, 0.717) is 12.2 Å². The van der Waals surface area contributed by atoms with Crippen LogP contribution in [0.25, 0.3) is 0 Å². The molecule has 1 heterocycles. The van der Waals surface area contributed by atoms with Gasteiger partial charge in [0.2, 0.25) is 0 Å². The summed E-state index contributed by atoms with van der Waals surface area (Å²) in [5.41, 5.74) is 0. The van der Waals surface area contributed by atoms with Gasteiger partial charge in [-0.05, 0) is 19.8 Å². The van der Waals surface area contributed by atoms with Gasteiger partial charge in [-0.1, -0.05) is 26.2 Å². The SMILES string of the molecule is CCCCCC1CC(C)OCCO1. The first-order chi connectivity index (χ1) is 6.33. The van der Waals surface area contributed by atoms with Gasteiger partial charge < -0.3 is 9.47 Å². The summed E-state index contributed by atoms with van der Waals surface area (Å²) in [5, 5.41) is 0. The van der Waals surface area contributed by atoms with Crippen molar-refractivity contribution < 1.29 is 9.47 Å². The maximum atomic E-state index is 5.69. The molecule has 2 atom stereocenters. The van der Waals surface area contributed by atoms with E-state index >= 15 is 0 Å². The third-order valence-electron chi connectivity index (χ3n) is 2.56. The smallest absolute Gasteiger partial charge is 0.0704 e. The number of ether oxygens (including phenoxy) is 2. The van der Waals surface area contributed by atoms with Crippen molar-refractivity contribution in [1.29, 1.82) is 0 Å². The van der Waals surface area contributed by atoms with E-state index in [-0.39, 0.29) is 0 Å². The highest BCUT2D eigenvalue weighted by molar-refractivity contribution is 4.66. The van der Waals surface area contributed by atoms with E-state index in [1.807, 2.05) is 0 Å². The molecule has 0 amide bonds. The summed E-state index contributed by atoms with van der Waals surface area (Å²) in [6, 6.07) is 0. The number of unbranched alkanes of at least 4 members (excludes halogenated alkanes) is 2. The second-order valence-corrected chi connectivity index (χ2v) is 3.91. The molecule has 1 rings (SSSR count). The minimum Gasteiger partial charge on any atom is -0.376 e. The Morgan fingerprint density at radius 1 is 1.15 bits per heavy atom. The summed E-state index contributed by atoms with van der Waals surface area (Å²) in [6.45, 7) is 5.92. The maximum absolute atomic E-state index is 5.69. The van der Waals surface area contributed by atoms with Crippen LogP contribution in [-0.4, -0.2) is 25.4 Å². The average Bonchev–Trinajstić information content (AvgIpc) is 2.31. The van der Waals surface area contributed by atoms with Gasteiger partial charge in [-0.25, -0.2) is 0 Å². The van der Waals surface area contributed by atoms with E-state index in [4.69, 9.17) is 9.47 Å². The summed E-state index contributed by atoms with van der Waals surface area (Å²) in [4.78, 5) is 0. The second-order valence-electron chi connectivity index (χ2n) is 3.91. The number of hydrogen-bond donors (Lipinski definition) is 0. The molecular formula is C11H22O2. The van der Waals surface area contributed by atoms with Crippen molar-refractivity contribution in [2.75, 3.05) is 13.2 Å². The Morgan fingerprint density at radius 3 is 2.69 bits per heavy atom. The van der Waals surface area contributed by atoms with Crippen molar-refractivity contribution in [3.8, 4) is 0 Å². The molecule has 1 aliphatic heterocycles. The zero-order valence-electron chi connectivity index (χ0n) is 8.92. The molecule has 1 fully saturated rings. The summed E-state index contributed by atoms with van der Waals surface area (Å²) >= 11 is 0. The largest absolute Gasteiger partial charge is 0.376 e. The van der Waals surface area contributed by atoms with Gasteiger partial charge in [0.15, 0.2) is 0 Å². The molecule has 0 saturated carbocycles. The van der Waals surface area contributed by atoms with Gasteiger partial charge in [-0.2, -0.15) is 0 Å². The lowest BCUT2D eigenvalue weighted by Crippen LogP contribution is -2.16. The standard InChI is InChI=1S/C11H22O2/c1-3-4-5-6-11-9-10(2)12-7-8-13-11/h10-11H,3-9H2,1-2H3. The third-order valence-corrected chi connectivity index (χ3v) is 2.56. The lowest BCUT2D eigenvalue weighted by molar-refractivity contribution is 0.0457. The van der Waals surface area contributed by atoms with Crippen LogP contribution < -0.4 is 0 Å². The summed E-state index contributed by atoms with van der Waals surface area (Å²) in [6.07, 6.45) is 7.03. The van der Waals surface area contributed by atoms with Crippen molar-refractivity contribution in [2.24, 2.45) is 0 Å². The van der Waals surface area contributed by atoms with Crippen LogP contribution in [0.1, 0.15) is 46.0 Å². The lowest BCUT2D eigenvalue weighted by Gasteiger charge is -2.15. The predicted octanol–water partition coefficient (Wildman–Crippen LogP) is 2.76. The Labute approximate surface area is 81.6 Å². The van der Waals surface area contributed by atoms with Crippen LogP contribution in [-0.2, 0) is 9.47 Å². The van der Waals surface area contributed by atoms with Crippen molar-refractivity contribution in [3.63, 3.8) is 0 Å². The zero-order valence-corrected chi connectivity index (χ0v) is 8.92. The van der Waals surface area contributed by atoms with Crippen LogP contribution in [0.2, 0.25) is 0 Å². The second kappa shape index (κ2) is 6.39. The molecule has 78 valence electrons. The molecular weight excluding hydrogens is 164 g/mol. The molecule has 0 aliphatic carbocycles. The van der Waals surface area contributed by atoms with E-state index in [2.05, 4.69) is 13.8 Å². The Bertz CT molecular complexity index is 125. The topological polar surface area (TPSA) is 18.5 Å². The lowest BCUT2D eigenvalue weighted by atomic mass is 10.1. The Morgan fingerprint density at radius 2 is 1.92 bits per heavy atom. The Balaban J connectivity index is 2.15. The minimum absolute atomic E-state index is 0.383. The van der Waals surface area contributed by atoms with Gasteiger partial charge in [0, 0.05) is 0 Å². The molecule has 2 unspecified atom stereocenters. The van der Waals surface area contributed by atoms with Gasteiger partial charge in [0.05, 0.1) is 25.4 Å². The first kappa shape index (κ1) is 11.0. The molecule has 13 heavy (non-hydrogen) atoms. The van der Waals surface area contributed by atoms with Gasteiger partial charge >= 0.3 is 0 Å². The molecule has 2 heteroatoms. The van der Waals surface area contributed by atoms with Crippen LogP contribution >= 0.6 is 0 Å². The van der Waals surface area contributed by atoms with E-state index in [9.17, 15) is 0 Å². The fraction of sp³-hybridized carbons (Fsp3) is 1.00. The highest BCUT2D eigenvalue weighted by Crippen LogP contribution is 2.16. The van der Waals surface area contributed by atoms with Crippen molar-refractivity contribution in [2.45, 2.75) is 58.2 Å². The van der Waals surface area contributed by atoms with Crippen LogP contribution in [0.4, 0.5) is 0 Å². The fourth-order valence-corrected chi connectivity index (χ4v) is 1.79. The van der Waals surface area contributed by atoms with Gasteiger partial charge in [0.25, 0.3) is 0 Å². The highest BCUT2D eigenvalue weighted by atomic mass is 16.5. The van der Waals surface area contributed by atoms with Crippen molar-refractivity contribution >= 4 is 0 Å². The zero-order chi connectivity index (χ0) is 9.52. The van der Waals surface area contributed by atoms with E-state index in [0.717, 1.165) is 19.6 Å². The van der Waals surface area contributed by atoms with Crippen molar-refractivity contribution in [1.82, 2.24) is 0 Å². The molecule has 0 bridgehead atoms. The normalized spacial score (nSPS) is 30.0. The molecule has 0 aromatic rings. The summed E-state index contributed by atoms with van der Waals surface area (Å²) in [7, 11) is 0. The molecule has 0 aromatic carbocycles. The fourth-order valence-electron chi connectivity index (χ4n) is 1.79. The first-order valence-corrected chi connectivity index (χ1v) is 5.56. The predicted molar refractivity (Wildman–Crippen MR) is 53.9 cm³/mol. The van der Waals surface area contributed by atoms with Crippen LogP contribution in [0.15, 0.2) is 0 Å². The van der Waals surface area contributed by atoms with E-state index in [1.165, 1.54) is 25.7 Å². The third kappa shape index (κ3) is 4.63.